The molecule has 1 heterocycles. The van der Waals surface area contributed by atoms with Crippen molar-refractivity contribution in [3.05, 3.63) is 36.2 Å². The Morgan fingerprint density at radius 1 is 1.29 bits per heavy atom. The van der Waals surface area contributed by atoms with Gasteiger partial charge in [0, 0.05) is 6.42 Å². The number of aliphatic carboxylic acids is 1. The number of benzene rings is 1. The summed E-state index contributed by atoms with van der Waals surface area (Å²) >= 11 is 0. The van der Waals surface area contributed by atoms with Gasteiger partial charge in [-0.3, -0.25) is 4.79 Å². The lowest BCUT2D eigenvalue weighted by Crippen LogP contribution is -2.19. The summed E-state index contributed by atoms with van der Waals surface area (Å²) in [5.74, 6) is -0.763. The Labute approximate surface area is 122 Å². The first-order chi connectivity index (χ1) is 10.2. The zero-order chi connectivity index (χ0) is 15.1. The second kappa shape index (κ2) is 7.49. The molecule has 0 saturated heterocycles. The van der Waals surface area contributed by atoms with E-state index in [0.29, 0.717) is 25.2 Å². The van der Waals surface area contributed by atoms with Gasteiger partial charge < -0.3 is 10.8 Å². The van der Waals surface area contributed by atoms with Crippen molar-refractivity contribution in [2.45, 2.75) is 25.7 Å². The third kappa shape index (κ3) is 4.09. The van der Waals surface area contributed by atoms with Crippen LogP contribution in [0, 0.1) is 5.92 Å². The minimum Gasteiger partial charge on any atom is -0.481 e. The highest BCUT2D eigenvalue weighted by Gasteiger charge is 2.21. The van der Waals surface area contributed by atoms with Gasteiger partial charge in [-0.2, -0.15) is 4.68 Å². The zero-order valence-electron chi connectivity index (χ0n) is 11.7. The Bertz CT molecular complexity index is 570. The highest BCUT2D eigenvalue weighted by Crippen LogP contribution is 2.16. The van der Waals surface area contributed by atoms with Crippen molar-refractivity contribution >= 4 is 5.97 Å². The molecule has 2 rings (SSSR count). The Balaban J connectivity index is 2.11. The molecule has 1 atom stereocenters. The van der Waals surface area contributed by atoms with Gasteiger partial charge in [-0.25, -0.2) is 0 Å². The van der Waals surface area contributed by atoms with E-state index in [1.54, 1.807) is 4.68 Å². The molecule has 0 aliphatic carbocycles. The standard InChI is InChI=1S/C14H19N5O2/c15-9-5-4-6-11(14(20)21)10-13-16-17-18-19(13)12-7-2-1-3-8-12/h1-3,7-8,11H,4-6,9-10,15H2,(H,20,21). The summed E-state index contributed by atoms with van der Waals surface area (Å²) in [7, 11) is 0. The van der Waals surface area contributed by atoms with Gasteiger partial charge in [0.05, 0.1) is 11.6 Å². The second-order valence-corrected chi connectivity index (χ2v) is 4.87. The highest BCUT2D eigenvalue weighted by molar-refractivity contribution is 5.70. The van der Waals surface area contributed by atoms with E-state index in [1.807, 2.05) is 30.3 Å². The second-order valence-electron chi connectivity index (χ2n) is 4.87. The van der Waals surface area contributed by atoms with Crippen molar-refractivity contribution < 1.29 is 9.90 Å². The van der Waals surface area contributed by atoms with Gasteiger partial charge in [-0.1, -0.05) is 24.6 Å². The lowest BCUT2D eigenvalue weighted by molar-refractivity contribution is -0.142. The monoisotopic (exact) mass is 289 g/mol. The molecule has 0 fully saturated rings. The van der Waals surface area contributed by atoms with Crippen LogP contribution in [0.3, 0.4) is 0 Å². The van der Waals surface area contributed by atoms with Crippen LogP contribution in [0.5, 0.6) is 0 Å². The summed E-state index contributed by atoms with van der Waals surface area (Å²) in [4.78, 5) is 11.4. The van der Waals surface area contributed by atoms with Crippen LogP contribution < -0.4 is 5.73 Å². The van der Waals surface area contributed by atoms with Crippen LogP contribution in [0.2, 0.25) is 0 Å². The van der Waals surface area contributed by atoms with Crippen molar-refractivity contribution in [2.75, 3.05) is 6.54 Å². The van der Waals surface area contributed by atoms with Crippen LogP contribution in [-0.2, 0) is 11.2 Å². The molecule has 0 bridgehead atoms. The Morgan fingerprint density at radius 3 is 2.71 bits per heavy atom. The van der Waals surface area contributed by atoms with Crippen molar-refractivity contribution in [1.29, 1.82) is 0 Å². The number of para-hydroxylation sites is 1. The predicted octanol–water partition coefficient (Wildman–Crippen LogP) is 1.03. The first-order valence-corrected chi connectivity index (χ1v) is 6.98. The number of unbranched alkanes of at least 4 members (excludes halogenated alkanes) is 1. The molecule has 0 radical (unpaired) electrons. The van der Waals surface area contributed by atoms with Crippen LogP contribution in [-0.4, -0.2) is 37.8 Å². The van der Waals surface area contributed by atoms with Gasteiger partial charge in [0.1, 0.15) is 0 Å². The molecular weight excluding hydrogens is 270 g/mol. The number of hydrogen-bond donors (Lipinski definition) is 2. The van der Waals surface area contributed by atoms with Crippen molar-refractivity contribution in [3.8, 4) is 5.69 Å². The van der Waals surface area contributed by atoms with E-state index in [2.05, 4.69) is 15.5 Å². The molecule has 7 nitrogen and oxygen atoms in total. The fourth-order valence-corrected chi connectivity index (χ4v) is 2.17. The highest BCUT2D eigenvalue weighted by atomic mass is 16.4. The fourth-order valence-electron chi connectivity index (χ4n) is 2.17. The predicted molar refractivity (Wildman–Crippen MR) is 76.9 cm³/mol. The molecule has 1 aromatic heterocycles. The summed E-state index contributed by atoms with van der Waals surface area (Å²) in [5.41, 5.74) is 6.27. The number of nitrogens with two attached hydrogens (primary N) is 1. The largest absolute Gasteiger partial charge is 0.481 e. The topological polar surface area (TPSA) is 107 Å². The van der Waals surface area contributed by atoms with E-state index in [1.165, 1.54) is 0 Å². The quantitative estimate of drug-likeness (QED) is 0.703. The van der Waals surface area contributed by atoms with Crippen LogP contribution >= 0.6 is 0 Å². The number of hydrogen-bond acceptors (Lipinski definition) is 5. The number of tetrazole rings is 1. The summed E-state index contributed by atoms with van der Waals surface area (Å²) in [5, 5.41) is 20.9. The first-order valence-electron chi connectivity index (χ1n) is 6.98. The Morgan fingerprint density at radius 2 is 2.05 bits per heavy atom. The molecule has 0 aliphatic rings. The smallest absolute Gasteiger partial charge is 0.306 e. The van der Waals surface area contributed by atoms with Gasteiger partial charge in [-0.05, 0) is 41.9 Å². The Hall–Kier alpha value is -2.28. The van der Waals surface area contributed by atoms with Gasteiger partial charge in [-0.15, -0.1) is 5.10 Å². The first kappa shape index (κ1) is 15.1. The zero-order valence-corrected chi connectivity index (χ0v) is 11.7. The molecular formula is C14H19N5O2. The van der Waals surface area contributed by atoms with Crippen molar-refractivity contribution in [1.82, 2.24) is 20.2 Å². The molecule has 1 aromatic carbocycles. The summed E-state index contributed by atoms with van der Waals surface area (Å²) in [6.07, 6.45) is 2.50. The maximum atomic E-state index is 11.4. The number of carboxylic acid groups (broad SMARTS) is 1. The van der Waals surface area contributed by atoms with Crippen LogP contribution in [0.1, 0.15) is 25.1 Å². The van der Waals surface area contributed by atoms with Crippen LogP contribution in [0.15, 0.2) is 30.3 Å². The van der Waals surface area contributed by atoms with Gasteiger partial charge in [0.25, 0.3) is 0 Å². The summed E-state index contributed by atoms with van der Waals surface area (Å²) in [6.45, 7) is 0.577. The van der Waals surface area contributed by atoms with Crippen LogP contribution in [0.25, 0.3) is 5.69 Å². The molecule has 0 saturated carbocycles. The average molecular weight is 289 g/mol. The minimum atomic E-state index is -0.824. The molecule has 3 N–H and O–H groups in total. The number of carbonyl (C=O) groups is 1. The molecule has 21 heavy (non-hydrogen) atoms. The Kier molecular flexibility index (Phi) is 5.39. The molecule has 0 amide bonds. The van der Waals surface area contributed by atoms with Gasteiger partial charge in [0.15, 0.2) is 5.82 Å². The van der Waals surface area contributed by atoms with E-state index in [-0.39, 0.29) is 0 Å². The van der Waals surface area contributed by atoms with E-state index in [4.69, 9.17) is 5.73 Å². The van der Waals surface area contributed by atoms with E-state index in [9.17, 15) is 9.90 Å². The van der Waals surface area contributed by atoms with Gasteiger partial charge in [0.2, 0.25) is 0 Å². The third-order valence-corrected chi connectivity index (χ3v) is 3.32. The minimum absolute atomic E-state index is 0.307. The number of aromatic nitrogens is 4. The van der Waals surface area contributed by atoms with Crippen molar-refractivity contribution in [2.24, 2.45) is 11.7 Å². The molecule has 112 valence electrons. The molecule has 0 spiro atoms. The average Bonchev–Trinajstić information content (AvgIpc) is 2.95. The van der Waals surface area contributed by atoms with E-state index < -0.39 is 11.9 Å². The third-order valence-electron chi connectivity index (χ3n) is 3.32. The molecule has 1 unspecified atom stereocenters. The number of rotatable bonds is 8. The molecule has 0 aliphatic heterocycles. The molecule has 7 heteroatoms. The van der Waals surface area contributed by atoms with E-state index >= 15 is 0 Å². The maximum Gasteiger partial charge on any atom is 0.306 e. The summed E-state index contributed by atoms with van der Waals surface area (Å²) < 4.78 is 1.58. The fraction of sp³-hybridized carbons (Fsp3) is 0.429. The lowest BCUT2D eigenvalue weighted by Gasteiger charge is -2.11. The molecule has 2 aromatic rings. The number of carboxylic acids is 1. The summed E-state index contributed by atoms with van der Waals surface area (Å²) in [6, 6.07) is 9.43. The van der Waals surface area contributed by atoms with Gasteiger partial charge >= 0.3 is 5.97 Å². The lowest BCUT2D eigenvalue weighted by atomic mass is 9.98. The van der Waals surface area contributed by atoms with Crippen molar-refractivity contribution in [3.63, 3.8) is 0 Å². The maximum absolute atomic E-state index is 11.4. The van der Waals surface area contributed by atoms with E-state index in [0.717, 1.165) is 18.5 Å². The van der Waals surface area contributed by atoms with Crippen LogP contribution in [0.4, 0.5) is 0 Å². The SMILES string of the molecule is NCCCCC(Cc1nnnn1-c1ccccc1)C(=O)O. The number of nitrogens with zero attached hydrogens (tertiary/aromatic N) is 4. The normalized spacial score (nSPS) is 12.2.